The number of hydrogen-bond donors (Lipinski definition) is 2. The molecule has 19 heavy (non-hydrogen) atoms. The number of aliphatic hydroxyl groups is 2. The van der Waals surface area contributed by atoms with E-state index in [0.29, 0.717) is 11.5 Å². The van der Waals surface area contributed by atoms with Gasteiger partial charge in [-0.3, -0.25) is 0 Å². The molecule has 0 fully saturated rings. The third kappa shape index (κ3) is 4.01. The smallest absolute Gasteiger partial charge is 0.526 e. The van der Waals surface area contributed by atoms with Crippen molar-refractivity contribution in [3.05, 3.63) is 59.7 Å². The van der Waals surface area contributed by atoms with Crippen molar-refractivity contribution in [2.24, 2.45) is 0 Å². The molecule has 2 aromatic rings. The highest BCUT2D eigenvalue weighted by atomic mass is 16.6. The Morgan fingerprint density at radius 1 is 0.789 bits per heavy atom. The summed E-state index contributed by atoms with van der Waals surface area (Å²) in [6, 6.07) is 14.2. The molecule has 1 radical (unpaired) electrons. The molecule has 97 valence electrons. The van der Waals surface area contributed by atoms with Crippen LogP contribution in [-0.2, 0) is 13.2 Å². The molecule has 0 unspecified atom stereocenters. The fourth-order valence-electron chi connectivity index (χ4n) is 1.57. The van der Waals surface area contributed by atoms with E-state index >= 15 is 0 Å². The number of aliphatic hydroxyl groups excluding tert-OH is 2. The van der Waals surface area contributed by atoms with Crippen molar-refractivity contribution < 1.29 is 19.5 Å². The molecule has 0 aromatic heterocycles. The Morgan fingerprint density at radius 3 is 1.68 bits per heavy atom. The Kier molecular flexibility index (Phi) is 4.83. The van der Waals surface area contributed by atoms with Crippen molar-refractivity contribution in [1.29, 1.82) is 0 Å². The summed E-state index contributed by atoms with van der Waals surface area (Å²) in [5.41, 5.74) is 1.54. The van der Waals surface area contributed by atoms with Crippen LogP contribution in [0.4, 0.5) is 0 Å². The van der Waals surface area contributed by atoms with Crippen LogP contribution in [0.25, 0.3) is 0 Å². The van der Waals surface area contributed by atoms with Crippen LogP contribution in [0.1, 0.15) is 11.1 Å². The second kappa shape index (κ2) is 6.82. The molecule has 0 atom stereocenters. The van der Waals surface area contributed by atoms with Crippen molar-refractivity contribution in [1.82, 2.24) is 0 Å². The van der Waals surface area contributed by atoms with Crippen LogP contribution in [0.2, 0.25) is 0 Å². The van der Waals surface area contributed by atoms with Gasteiger partial charge >= 0.3 is 7.69 Å². The standard InChI is InChI=1S/C14H14BO4/c16-9-11-3-1-5-13(7-11)18-15-19-14-6-2-4-12(8-14)10-17/h1-8,16-17H,9-10H2. The van der Waals surface area contributed by atoms with Gasteiger partial charge in [-0.05, 0) is 35.4 Å². The fraction of sp³-hybridized carbons (Fsp3) is 0.143. The van der Waals surface area contributed by atoms with Crippen molar-refractivity contribution in [2.75, 3.05) is 0 Å². The highest BCUT2D eigenvalue weighted by molar-refractivity contribution is 6.20. The number of hydrogen-bond acceptors (Lipinski definition) is 4. The monoisotopic (exact) mass is 257 g/mol. The molecule has 2 aromatic carbocycles. The maximum atomic E-state index is 9.00. The Hall–Kier alpha value is -1.98. The van der Waals surface area contributed by atoms with Crippen LogP contribution in [0.15, 0.2) is 48.5 Å². The lowest BCUT2D eigenvalue weighted by atomic mass is 10.2. The molecule has 2 N–H and O–H groups in total. The predicted molar refractivity (Wildman–Crippen MR) is 71.7 cm³/mol. The first-order valence-corrected chi connectivity index (χ1v) is 5.86. The van der Waals surface area contributed by atoms with E-state index in [9.17, 15) is 0 Å². The average molecular weight is 257 g/mol. The van der Waals surface area contributed by atoms with Gasteiger partial charge in [0.25, 0.3) is 0 Å². The van der Waals surface area contributed by atoms with E-state index in [-0.39, 0.29) is 13.2 Å². The van der Waals surface area contributed by atoms with Gasteiger partial charge in [0, 0.05) is 0 Å². The minimum absolute atomic E-state index is 0.0311. The van der Waals surface area contributed by atoms with Gasteiger partial charge in [0.2, 0.25) is 0 Å². The maximum absolute atomic E-state index is 9.00. The molecule has 0 heterocycles. The van der Waals surface area contributed by atoms with E-state index in [0.717, 1.165) is 11.1 Å². The maximum Gasteiger partial charge on any atom is 0.658 e. The molecule has 2 rings (SSSR count). The largest absolute Gasteiger partial charge is 0.658 e. The van der Waals surface area contributed by atoms with Gasteiger partial charge in [0.05, 0.1) is 13.2 Å². The summed E-state index contributed by atoms with van der Waals surface area (Å²) in [4.78, 5) is 0. The van der Waals surface area contributed by atoms with Crippen LogP contribution >= 0.6 is 0 Å². The fourth-order valence-corrected chi connectivity index (χ4v) is 1.57. The second-order valence-corrected chi connectivity index (χ2v) is 3.94. The molecule has 0 saturated heterocycles. The van der Waals surface area contributed by atoms with E-state index in [1.165, 1.54) is 7.69 Å². The highest BCUT2D eigenvalue weighted by Crippen LogP contribution is 2.15. The number of rotatable bonds is 6. The average Bonchev–Trinajstić information content (AvgIpc) is 2.48. The van der Waals surface area contributed by atoms with Crippen molar-refractivity contribution in [3.8, 4) is 11.5 Å². The molecule has 0 bridgehead atoms. The van der Waals surface area contributed by atoms with Gasteiger partial charge in [0.1, 0.15) is 11.5 Å². The Balaban J connectivity index is 1.88. The van der Waals surface area contributed by atoms with E-state index in [2.05, 4.69) is 0 Å². The summed E-state index contributed by atoms with van der Waals surface area (Å²) in [6.45, 7) is -0.0623. The van der Waals surface area contributed by atoms with E-state index in [4.69, 9.17) is 19.5 Å². The second-order valence-electron chi connectivity index (χ2n) is 3.94. The molecule has 0 saturated carbocycles. The SMILES string of the molecule is OCc1cccc(O[B]Oc2cccc(CO)c2)c1. The third-order valence-electron chi connectivity index (χ3n) is 2.53. The van der Waals surface area contributed by atoms with Gasteiger partial charge in [-0.15, -0.1) is 0 Å². The quantitative estimate of drug-likeness (QED) is 0.773. The molecule has 0 spiro atoms. The van der Waals surface area contributed by atoms with Crippen molar-refractivity contribution in [2.45, 2.75) is 13.2 Å². The van der Waals surface area contributed by atoms with Crippen LogP contribution in [0, 0.1) is 0 Å². The molecule has 0 amide bonds. The Morgan fingerprint density at radius 2 is 1.26 bits per heavy atom. The zero-order chi connectivity index (χ0) is 13.5. The van der Waals surface area contributed by atoms with Crippen LogP contribution < -0.4 is 9.31 Å². The van der Waals surface area contributed by atoms with Gasteiger partial charge in [-0.1, -0.05) is 24.3 Å². The van der Waals surface area contributed by atoms with E-state index in [1.54, 1.807) is 48.5 Å². The zero-order valence-electron chi connectivity index (χ0n) is 10.3. The van der Waals surface area contributed by atoms with Crippen LogP contribution in [-0.4, -0.2) is 17.9 Å². The van der Waals surface area contributed by atoms with Gasteiger partial charge < -0.3 is 19.5 Å². The first kappa shape index (κ1) is 13.5. The van der Waals surface area contributed by atoms with E-state index in [1.807, 2.05) is 0 Å². The topological polar surface area (TPSA) is 58.9 Å². The molecule has 0 aliphatic rings. The summed E-state index contributed by atoms with van der Waals surface area (Å²) in [5.74, 6) is 1.18. The Bertz CT molecular complexity index is 483. The lowest BCUT2D eigenvalue weighted by Gasteiger charge is -2.08. The molecular formula is C14H14BO4. The number of benzene rings is 2. The third-order valence-corrected chi connectivity index (χ3v) is 2.53. The molecular weight excluding hydrogens is 243 g/mol. The lowest BCUT2D eigenvalue weighted by molar-refractivity contribution is 0.281. The normalized spacial score (nSPS) is 10.0. The minimum Gasteiger partial charge on any atom is -0.526 e. The minimum atomic E-state index is -0.0311. The molecule has 0 aliphatic carbocycles. The molecule has 4 nitrogen and oxygen atoms in total. The molecule has 5 heteroatoms. The first-order valence-electron chi connectivity index (χ1n) is 5.86. The summed E-state index contributed by atoms with van der Waals surface area (Å²) in [7, 11) is 1.22. The van der Waals surface area contributed by atoms with Crippen molar-refractivity contribution in [3.63, 3.8) is 0 Å². The predicted octanol–water partition coefficient (Wildman–Crippen LogP) is 1.66. The van der Waals surface area contributed by atoms with Crippen LogP contribution in [0.5, 0.6) is 11.5 Å². The summed E-state index contributed by atoms with van der Waals surface area (Å²) in [5, 5.41) is 18.0. The first-order chi connectivity index (χ1) is 9.31. The van der Waals surface area contributed by atoms with Gasteiger partial charge in [-0.25, -0.2) is 0 Å². The summed E-state index contributed by atoms with van der Waals surface area (Å²) < 4.78 is 10.6. The Labute approximate surface area is 112 Å². The van der Waals surface area contributed by atoms with Crippen molar-refractivity contribution >= 4 is 7.69 Å². The lowest BCUT2D eigenvalue weighted by Crippen LogP contribution is -2.11. The highest BCUT2D eigenvalue weighted by Gasteiger charge is 2.03. The van der Waals surface area contributed by atoms with Gasteiger partial charge in [-0.2, -0.15) is 0 Å². The van der Waals surface area contributed by atoms with E-state index < -0.39 is 0 Å². The summed E-state index contributed by atoms with van der Waals surface area (Å²) >= 11 is 0. The van der Waals surface area contributed by atoms with Crippen LogP contribution in [0.3, 0.4) is 0 Å². The zero-order valence-corrected chi connectivity index (χ0v) is 10.3. The molecule has 0 aliphatic heterocycles. The summed E-state index contributed by atoms with van der Waals surface area (Å²) in [6.07, 6.45) is 0. The van der Waals surface area contributed by atoms with Gasteiger partial charge in [0.15, 0.2) is 0 Å².